The zero-order valence-electron chi connectivity index (χ0n) is 14.7. The fourth-order valence-electron chi connectivity index (χ4n) is 4.41. The molecule has 0 N–H and O–H groups in total. The molecular weight excluding hydrogens is 330 g/mol. The lowest BCUT2D eigenvalue weighted by molar-refractivity contribution is 1.23. The maximum Gasteiger partial charge on any atom is 0.203 e. The molecule has 1 aliphatic heterocycles. The lowest BCUT2D eigenvalue weighted by Gasteiger charge is -2.30. The van der Waals surface area contributed by atoms with Crippen molar-refractivity contribution in [1.82, 2.24) is 4.98 Å². The average molecular weight is 350 g/mol. The standard InChI is InChI=1S/C24H19NSi/c1-18-10-9-17-24(25-18)26(19-11-3-2-4-12-19)22-15-7-5-13-20(22)21-14-6-8-16-23(21)26/h2-17H,1H3. The van der Waals surface area contributed by atoms with E-state index >= 15 is 0 Å². The molecule has 0 fully saturated rings. The predicted octanol–water partition coefficient (Wildman–Crippen LogP) is 2.75. The molecular formula is C24H19NSi. The monoisotopic (exact) mass is 349 g/mol. The molecule has 3 aromatic carbocycles. The summed E-state index contributed by atoms with van der Waals surface area (Å²) in [6, 6.07) is 35.3. The zero-order valence-corrected chi connectivity index (χ0v) is 15.7. The summed E-state index contributed by atoms with van der Waals surface area (Å²) in [6.45, 7) is 2.09. The first-order valence-corrected chi connectivity index (χ1v) is 11.0. The van der Waals surface area contributed by atoms with E-state index in [9.17, 15) is 0 Å². The molecule has 0 saturated carbocycles. The molecule has 0 spiro atoms. The topological polar surface area (TPSA) is 12.9 Å². The molecule has 0 atom stereocenters. The number of hydrogen-bond donors (Lipinski definition) is 0. The van der Waals surface area contributed by atoms with Crippen molar-refractivity contribution in [2.75, 3.05) is 0 Å². The van der Waals surface area contributed by atoms with Gasteiger partial charge in [0.05, 0.1) is 0 Å². The van der Waals surface area contributed by atoms with Gasteiger partial charge in [-0.3, -0.25) is 4.98 Å². The summed E-state index contributed by atoms with van der Waals surface area (Å²) in [5, 5.41) is 5.52. The number of pyridine rings is 1. The Morgan fingerprint density at radius 1 is 0.577 bits per heavy atom. The Balaban J connectivity index is 1.98. The largest absolute Gasteiger partial charge is 0.262 e. The van der Waals surface area contributed by atoms with Crippen LogP contribution in [-0.2, 0) is 0 Å². The van der Waals surface area contributed by atoms with Crippen molar-refractivity contribution in [3.05, 3.63) is 103 Å². The fraction of sp³-hybridized carbons (Fsp3) is 0.0417. The molecule has 0 aliphatic carbocycles. The average Bonchev–Trinajstić information content (AvgIpc) is 3.00. The SMILES string of the molecule is Cc1cccc([Si]2(c3ccccc3)c3ccccc3-c3ccccc32)n1. The van der Waals surface area contributed by atoms with Gasteiger partial charge in [0.25, 0.3) is 0 Å². The number of rotatable bonds is 2. The van der Waals surface area contributed by atoms with E-state index in [-0.39, 0.29) is 0 Å². The highest BCUT2D eigenvalue weighted by atomic mass is 28.3. The Labute approximate surface area is 155 Å². The van der Waals surface area contributed by atoms with E-state index in [0.717, 1.165) is 5.69 Å². The number of hydrogen-bond acceptors (Lipinski definition) is 1. The zero-order chi connectivity index (χ0) is 17.6. The number of benzene rings is 3. The van der Waals surface area contributed by atoms with Crippen LogP contribution in [0.4, 0.5) is 0 Å². The minimum Gasteiger partial charge on any atom is -0.262 e. The van der Waals surface area contributed by atoms with Gasteiger partial charge in [-0.1, -0.05) is 84.9 Å². The van der Waals surface area contributed by atoms with Gasteiger partial charge in [-0.05, 0) is 45.7 Å². The van der Waals surface area contributed by atoms with Crippen LogP contribution in [0, 0.1) is 6.92 Å². The van der Waals surface area contributed by atoms with Crippen LogP contribution in [0.3, 0.4) is 0 Å². The second-order valence-corrected chi connectivity index (χ2v) is 10.5. The third kappa shape index (κ3) is 1.99. The first-order valence-electron chi connectivity index (χ1n) is 9.01. The summed E-state index contributed by atoms with van der Waals surface area (Å²) in [5.41, 5.74) is 3.80. The minimum atomic E-state index is -2.37. The molecule has 2 heteroatoms. The van der Waals surface area contributed by atoms with E-state index in [1.54, 1.807) is 0 Å². The molecule has 124 valence electrons. The maximum atomic E-state index is 5.06. The molecule has 4 aromatic rings. The highest BCUT2D eigenvalue weighted by Crippen LogP contribution is 2.27. The van der Waals surface area contributed by atoms with Gasteiger partial charge in [0, 0.05) is 11.0 Å². The van der Waals surface area contributed by atoms with Gasteiger partial charge in [-0.15, -0.1) is 0 Å². The van der Waals surface area contributed by atoms with Crippen LogP contribution >= 0.6 is 0 Å². The first kappa shape index (κ1) is 15.3. The van der Waals surface area contributed by atoms with Crippen molar-refractivity contribution >= 4 is 29.0 Å². The second-order valence-electron chi connectivity index (χ2n) is 6.87. The van der Waals surface area contributed by atoms with Gasteiger partial charge >= 0.3 is 0 Å². The van der Waals surface area contributed by atoms with Crippen LogP contribution < -0.4 is 20.9 Å². The van der Waals surface area contributed by atoms with Crippen molar-refractivity contribution in [2.45, 2.75) is 6.92 Å². The van der Waals surface area contributed by atoms with Crippen LogP contribution in [0.15, 0.2) is 97.1 Å². The van der Waals surface area contributed by atoms with Crippen LogP contribution in [0.2, 0.25) is 0 Å². The Morgan fingerprint density at radius 2 is 1.15 bits per heavy atom. The predicted molar refractivity (Wildman–Crippen MR) is 112 cm³/mol. The normalized spacial score (nSPS) is 13.9. The van der Waals surface area contributed by atoms with Gasteiger partial charge < -0.3 is 0 Å². The molecule has 5 rings (SSSR count). The Hall–Kier alpha value is -2.97. The molecule has 0 amide bonds. The molecule has 0 bridgehead atoms. The lowest BCUT2D eigenvalue weighted by Crippen LogP contribution is -2.73. The highest BCUT2D eigenvalue weighted by molar-refractivity contribution is 7.21. The van der Waals surface area contributed by atoms with Gasteiger partial charge in [-0.2, -0.15) is 0 Å². The third-order valence-electron chi connectivity index (χ3n) is 5.43. The van der Waals surface area contributed by atoms with Crippen molar-refractivity contribution in [2.24, 2.45) is 0 Å². The van der Waals surface area contributed by atoms with Crippen LogP contribution in [-0.4, -0.2) is 13.1 Å². The van der Waals surface area contributed by atoms with Crippen molar-refractivity contribution in [3.8, 4) is 11.1 Å². The maximum absolute atomic E-state index is 5.06. The van der Waals surface area contributed by atoms with E-state index in [1.807, 2.05) is 0 Å². The van der Waals surface area contributed by atoms with E-state index in [4.69, 9.17) is 4.98 Å². The van der Waals surface area contributed by atoms with Crippen molar-refractivity contribution in [3.63, 3.8) is 0 Å². The van der Waals surface area contributed by atoms with Crippen molar-refractivity contribution < 1.29 is 0 Å². The lowest BCUT2D eigenvalue weighted by atomic mass is 10.1. The number of aryl methyl sites for hydroxylation is 1. The van der Waals surface area contributed by atoms with Gasteiger partial charge in [0.15, 0.2) is 0 Å². The number of nitrogens with zero attached hydrogens (tertiary/aromatic N) is 1. The van der Waals surface area contributed by atoms with E-state index in [2.05, 4.69) is 104 Å². The fourth-order valence-corrected chi connectivity index (χ4v) is 9.49. The molecule has 1 nitrogen and oxygen atoms in total. The van der Waals surface area contributed by atoms with Gasteiger partial charge in [0.2, 0.25) is 8.07 Å². The first-order chi connectivity index (χ1) is 12.8. The van der Waals surface area contributed by atoms with Crippen LogP contribution in [0.5, 0.6) is 0 Å². The summed E-state index contributed by atoms with van der Waals surface area (Å²) < 4.78 is 0. The highest BCUT2D eigenvalue weighted by Gasteiger charge is 2.49. The molecule has 0 unspecified atom stereocenters. The summed E-state index contributed by atoms with van der Waals surface area (Å²) in [5.74, 6) is 0. The van der Waals surface area contributed by atoms with Gasteiger partial charge in [0.1, 0.15) is 0 Å². The smallest absolute Gasteiger partial charge is 0.203 e. The summed E-state index contributed by atoms with van der Waals surface area (Å²) in [4.78, 5) is 5.06. The molecule has 2 heterocycles. The molecule has 0 radical (unpaired) electrons. The van der Waals surface area contributed by atoms with E-state index in [1.165, 1.54) is 32.0 Å². The van der Waals surface area contributed by atoms with Crippen LogP contribution in [0.1, 0.15) is 5.69 Å². The van der Waals surface area contributed by atoms with Crippen LogP contribution in [0.25, 0.3) is 11.1 Å². The molecule has 1 aromatic heterocycles. The second kappa shape index (κ2) is 5.79. The van der Waals surface area contributed by atoms with E-state index < -0.39 is 8.07 Å². The van der Waals surface area contributed by atoms with Crippen molar-refractivity contribution in [1.29, 1.82) is 0 Å². The molecule has 26 heavy (non-hydrogen) atoms. The summed E-state index contributed by atoms with van der Waals surface area (Å²) in [7, 11) is -2.37. The summed E-state index contributed by atoms with van der Waals surface area (Å²) >= 11 is 0. The Kier molecular flexibility index (Phi) is 3.40. The van der Waals surface area contributed by atoms with Gasteiger partial charge in [-0.25, -0.2) is 0 Å². The minimum absolute atomic E-state index is 1.08. The Bertz CT molecular complexity index is 1060. The summed E-state index contributed by atoms with van der Waals surface area (Å²) in [6.07, 6.45) is 0. The Morgan fingerprint density at radius 3 is 1.77 bits per heavy atom. The van der Waals surface area contributed by atoms with E-state index in [0.29, 0.717) is 0 Å². The quantitative estimate of drug-likeness (QED) is 0.447. The third-order valence-corrected chi connectivity index (χ3v) is 10.2. The molecule has 1 aliphatic rings. The number of fused-ring (bicyclic) bond motifs is 3. The number of aromatic nitrogens is 1. The molecule has 0 saturated heterocycles.